The van der Waals surface area contributed by atoms with Gasteiger partial charge in [-0.05, 0) is 6.07 Å². The van der Waals surface area contributed by atoms with E-state index in [0.29, 0.717) is 12.4 Å². The summed E-state index contributed by atoms with van der Waals surface area (Å²) in [5.41, 5.74) is 0.828. The highest BCUT2D eigenvalue weighted by molar-refractivity contribution is 5.59. The third-order valence-electron chi connectivity index (χ3n) is 1.33. The lowest BCUT2D eigenvalue weighted by atomic mass is 10.4. The molecule has 0 bridgehead atoms. The molecule has 0 amide bonds. The lowest BCUT2D eigenvalue weighted by Gasteiger charge is -2.03. The Balaban J connectivity index is 2.65. The molecule has 1 aromatic heterocycles. The number of aromatic nitrogens is 1. The van der Waals surface area contributed by atoms with Crippen molar-refractivity contribution in [3.8, 4) is 5.88 Å². The number of nitrogens with zero attached hydrogens (tertiary/aromatic N) is 1. The molecule has 1 rings (SSSR count). The van der Waals surface area contributed by atoms with Gasteiger partial charge in [0.05, 0.1) is 13.7 Å². The van der Waals surface area contributed by atoms with E-state index >= 15 is 0 Å². The lowest BCUT2D eigenvalue weighted by Crippen LogP contribution is -2.02. The van der Waals surface area contributed by atoms with Crippen molar-refractivity contribution in [1.82, 2.24) is 4.98 Å². The van der Waals surface area contributed by atoms with E-state index in [0.717, 1.165) is 12.0 Å². The number of anilines is 1. The smallest absolute Gasteiger partial charge is 0.214 e. The molecule has 0 spiro atoms. The second kappa shape index (κ2) is 4.33. The minimum absolute atomic E-state index is 0.299. The summed E-state index contributed by atoms with van der Waals surface area (Å²) in [6, 6.07) is 3.50. The zero-order chi connectivity index (χ0) is 8.81. The summed E-state index contributed by atoms with van der Waals surface area (Å²) >= 11 is 0. The molecule has 1 N–H and O–H groups in total. The number of ether oxygens (including phenoxy) is 1. The maximum Gasteiger partial charge on any atom is 0.214 e. The molecule has 64 valence electrons. The maximum absolute atomic E-state index is 10.0. The SMILES string of the molecule is COc1cc(NCC=O)ccn1. The van der Waals surface area contributed by atoms with Crippen LogP contribution in [0, 0.1) is 0 Å². The number of methoxy groups -OCH3 is 1. The fourth-order valence-corrected chi connectivity index (χ4v) is 0.791. The van der Waals surface area contributed by atoms with E-state index in [2.05, 4.69) is 10.3 Å². The van der Waals surface area contributed by atoms with Crippen molar-refractivity contribution in [1.29, 1.82) is 0 Å². The zero-order valence-corrected chi connectivity index (χ0v) is 6.78. The van der Waals surface area contributed by atoms with Gasteiger partial charge in [0.25, 0.3) is 0 Å². The van der Waals surface area contributed by atoms with E-state index in [1.807, 2.05) is 0 Å². The molecule has 0 aliphatic carbocycles. The molecule has 0 atom stereocenters. The number of hydrogen-bond donors (Lipinski definition) is 1. The van der Waals surface area contributed by atoms with Gasteiger partial charge in [0, 0.05) is 18.0 Å². The molecule has 0 aliphatic heterocycles. The first kappa shape index (κ1) is 8.52. The molecule has 4 heteroatoms. The summed E-state index contributed by atoms with van der Waals surface area (Å²) in [5.74, 6) is 0.533. The summed E-state index contributed by atoms with van der Waals surface area (Å²) in [7, 11) is 1.55. The van der Waals surface area contributed by atoms with Gasteiger partial charge < -0.3 is 14.8 Å². The van der Waals surface area contributed by atoms with Crippen LogP contribution in [0.25, 0.3) is 0 Å². The Labute approximate surface area is 70.6 Å². The Morgan fingerprint density at radius 2 is 2.58 bits per heavy atom. The van der Waals surface area contributed by atoms with Crippen LogP contribution in [0.1, 0.15) is 0 Å². The molecule has 12 heavy (non-hydrogen) atoms. The van der Waals surface area contributed by atoms with Crippen LogP contribution in [0.4, 0.5) is 5.69 Å². The molecular weight excluding hydrogens is 156 g/mol. The van der Waals surface area contributed by atoms with Crippen LogP contribution in [-0.4, -0.2) is 24.9 Å². The Morgan fingerprint density at radius 3 is 3.25 bits per heavy atom. The van der Waals surface area contributed by atoms with Gasteiger partial charge in [-0.3, -0.25) is 0 Å². The van der Waals surface area contributed by atoms with Crippen LogP contribution in [0.5, 0.6) is 5.88 Å². The molecule has 0 aromatic carbocycles. The largest absolute Gasteiger partial charge is 0.481 e. The van der Waals surface area contributed by atoms with Crippen LogP contribution in [0.3, 0.4) is 0 Å². The summed E-state index contributed by atoms with van der Waals surface area (Å²) in [4.78, 5) is 13.9. The fraction of sp³-hybridized carbons (Fsp3) is 0.250. The summed E-state index contributed by atoms with van der Waals surface area (Å²) in [6.07, 6.45) is 2.42. The predicted octanol–water partition coefficient (Wildman–Crippen LogP) is 0.701. The van der Waals surface area contributed by atoms with Crippen molar-refractivity contribution in [2.45, 2.75) is 0 Å². The highest BCUT2D eigenvalue weighted by atomic mass is 16.5. The van der Waals surface area contributed by atoms with Crippen molar-refractivity contribution in [3.63, 3.8) is 0 Å². The molecule has 0 saturated carbocycles. The van der Waals surface area contributed by atoms with Gasteiger partial charge >= 0.3 is 0 Å². The molecule has 0 saturated heterocycles. The third-order valence-corrected chi connectivity index (χ3v) is 1.33. The molecule has 1 heterocycles. The molecule has 0 radical (unpaired) electrons. The Hall–Kier alpha value is -1.58. The molecule has 1 aromatic rings. The minimum Gasteiger partial charge on any atom is -0.481 e. The summed E-state index contributed by atoms with van der Waals surface area (Å²) < 4.78 is 4.90. The van der Waals surface area contributed by atoms with E-state index in [1.54, 1.807) is 25.4 Å². The van der Waals surface area contributed by atoms with Gasteiger partial charge in [-0.2, -0.15) is 0 Å². The number of nitrogens with one attached hydrogen (secondary N) is 1. The van der Waals surface area contributed by atoms with E-state index < -0.39 is 0 Å². The highest BCUT2D eigenvalue weighted by Crippen LogP contribution is 2.12. The maximum atomic E-state index is 10.0. The van der Waals surface area contributed by atoms with Crippen molar-refractivity contribution in [2.24, 2.45) is 0 Å². The first-order valence-corrected chi connectivity index (χ1v) is 3.54. The Morgan fingerprint density at radius 1 is 1.75 bits per heavy atom. The van der Waals surface area contributed by atoms with Crippen LogP contribution in [0.15, 0.2) is 18.3 Å². The number of carbonyl (C=O) groups is 1. The van der Waals surface area contributed by atoms with Crippen molar-refractivity contribution in [3.05, 3.63) is 18.3 Å². The summed E-state index contributed by atoms with van der Waals surface area (Å²) in [6.45, 7) is 0.299. The molecule has 0 unspecified atom stereocenters. The summed E-state index contributed by atoms with van der Waals surface area (Å²) in [5, 5.41) is 2.88. The monoisotopic (exact) mass is 166 g/mol. The van der Waals surface area contributed by atoms with Gasteiger partial charge in [-0.25, -0.2) is 4.98 Å². The minimum atomic E-state index is 0.299. The second-order valence-corrected chi connectivity index (χ2v) is 2.13. The van der Waals surface area contributed by atoms with Crippen LogP contribution >= 0.6 is 0 Å². The molecular formula is C8H10N2O2. The van der Waals surface area contributed by atoms with Crippen molar-refractivity contribution in [2.75, 3.05) is 19.0 Å². The first-order valence-electron chi connectivity index (χ1n) is 3.54. The van der Waals surface area contributed by atoms with Gasteiger partial charge in [0.1, 0.15) is 6.29 Å². The lowest BCUT2D eigenvalue weighted by molar-refractivity contribution is -0.106. The number of rotatable bonds is 4. The number of hydrogen-bond acceptors (Lipinski definition) is 4. The van der Waals surface area contributed by atoms with Gasteiger partial charge in [0.15, 0.2) is 0 Å². The van der Waals surface area contributed by atoms with Crippen LogP contribution in [0.2, 0.25) is 0 Å². The molecule has 4 nitrogen and oxygen atoms in total. The highest BCUT2D eigenvalue weighted by Gasteiger charge is 1.94. The van der Waals surface area contributed by atoms with Gasteiger partial charge in [0.2, 0.25) is 5.88 Å². The first-order chi connectivity index (χ1) is 5.86. The van der Waals surface area contributed by atoms with E-state index in [-0.39, 0.29) is 0 Å². The van der Waals surface area contributed by atoms with E-state index in [4.69, 9.17) is 4.74 Å². The Kier molecular flexibility index (Phi) is 3.07. The van der Waals surface area contributed by atoms with E-state index in [9.17, 15) is 4.79 Å². The van der Waals surface area contributed by atoms with Gasteiger partial charge in [-0.1, -0.05) is 0 Å². The quantitative estimate of drug-likeness (QED) is 0.669. The second-order valence-electron chi connectivity index (χ2n) is 2.13. The Bertz CT molecular complexity index is 263. The number of pyridine rings is 1. The normalized spacial score (nSPS) is 9.08. The van der Waals surface area contributed by atoms with Crippen LogP contribution < -0.4 is 10.1 Å². The van der Waals surface area contributed by atoms with E-state index in [1.165, 1.54) is 0 Å². The average Bonchev–Trinajstić information content (AvgIpc) is 2.15. The third kappa shape index (κ3) is 2.23. The van der Waals surface area contributed by atoms with Gasteiger partial charge in [-0.15, -0.1) is 0 Å². The van der Waals surface area contributed by atoms with Crippen LogP contribution in [-0.2, 0) is 4.79 Å². The molecule has 0 fully saturated rings. The average molecular weight is 166 g/mol. The predicted molar refractivity (Wildman–Crippen MR) is 45.3 cm³/mol. The zero-order valence-electron chi connectivity index (χ0n) is 6.78. The van der Waals surface area contributed by atoms with Crippen molar-refractivity contribution >= 4 is 12.0 Å². The number of carbonyl (C=O) groups excluding carboxylic acids is 1. The number of aldehydes is 1. The topological polar surface area (TPSA) is 51.2 Å². The fourth-order valence-electron chi connectivity index (χ4n) is 0.791. The van der Waals surface area contributed by atoms with Crippen molar-refractivity contribution < 1.29 is 9.53 Å². The standard InChI is InChI=1S/C8H10N2O2/c1-12-8-6-7(2-3-10-8)9-4-5-11/h2-3,5-6H,4H2,1H3,(H,9,10). The molecule has 0 aliphatic rings.